The number of benzene rings is 3. The summed E-state index contributed by atoms with van der Waals surface area (Å²) in [5.41, 5.74) is 28.1. The summed E-state index contributed by atoms with van der Waals surface area (Å²) in [5, 5.41) is 0.519. The van der Waals surface area contributed by atoms with Gasteiger partial charge in [-0.15, -0.1) is 0 Å². The Labute approximate surface area is 192 Å². The molecular formula is C24H20N6O2S. The lowest BCUT2D eigenvalue weighted by Crippen LogP contribution is -1.93. The van der Waals surface area contributed by atoms with Crippen molar-refractivity contribution in [2.75, 3.05) is 17.2 Å². The molecule has 0 aliphatic rings. The normalized spacial score (nSPS) is 11.8. The molecule has 0 spiro atoms. The van der Waals surface area contributed by atoms with Gasteiger partial charge in [0.25, 0.3) is 12.0 Å². The van der Waals surface area contributed by atoms with E-state index in [0.29, 0.717) is 27.3 Å². The van der Waals surface area contributed by atoms with Crippen LogP contribution in [-0.4, -0.2) is 15.0 Å². The average molecular weight is 457 g/mol. The fraction of sp³-hybridized carbons (Fsp3) is 0.125. The first-order chi connectivity index (χ1) is 15.8. The van der Waals surface area contributed by atoms with Crippen molar-refractivity contribution in [1.82, 2.24) is 15.0 Å². The van der Waals surface area contributed by atoms with Crippen LogP contribution >= 0.6 is 11.3 Å². The highest BCUT2D eigenvalue weighted by molar-refractivity contribution is 7.22. The van der Waals surface area contributed by atoms with E-state index in [2.05, 4.69) is 27.1 Å². The summed E-state index contributed by atoms with van der Waals surface area (Å²) in [4.78, 5) is 13.5. The molecule has 0 aliphatic carbocycles. The van der Waals surface area contributed by atoms with Crippen LogP contribution in [0.4, 0.5) is 17.2 Å². The molecule has 0 saturated carbocycles. The topological polar surface area (TPSA) is 143 Å². The minimum atomic E-state index is 0.0929. The van der Waals surface area contributed by atoms with Crippen LogP contribution in [0.1, 0.15) is 16.7 Å². The zero-order valence-corrected chi connectivity index (χ0v) is 19.0. The molecule has 3 aromatic carbocycles. The predicted molar refractivity (Wildman–Crippen MR) is 133 cm³/mol. The molecule has 0 radical (unpaired) electrons. The van der Waals surface area contributed by atoms with Gasteiger partial charge in [-0.05, 0) is 61.7 Å². The van der Waals surface area contributed by atoms with Crippen LogP contribution in [0.15, 0.2) is 39.2 Å². The van der Waals surface area contributed by atoms with Crippen molar-refractivity contribution in [3.05, 3.63) is 47.0 Å². The Kier molecular flexibility index (Phi) is 3.97. The number of hydrogen-bond acceptors (Lipinski definition) is 9. The van der Waals surface area contributed by atoms with E-state index in [4.69, 9.17) is 26.0 Å². The molecular weight excluding hydrogens is 436 g/mol. The number of nitrogen functional groups attached to an aromatic ring is 3. The first kappa shape index (κ1) is 19.6. The molecule has 8 nitrogen and oxygen atoms in total. The highest BCUT2D eigenvalue weighted by Gasteiger charge is 2.24. The van der Waals surface area contributed by atoms with Gasteiger partial charge < -0.3 is 26.0 Å². The Morgan fingerprint density at radius 1 is 0.758 bits per heavy atom. The molecule has 164 valence electrons. The summed E-state index contributed by atoms with van der Waals surface area (Å²) in [6, 6.07) is 10.3. The summed E-state index contributed by atoms with van der Waals surface area (Å²) in [6.07, 6.45) is 0. The maximum atomic E-state index is 6.07. The summed E-state index contributed by atoms with van der Waals surface area (Å²) >= 11 is 1.45. The van der Waals surface area contributed by atoms with Crippen LogP contribution in [0.2, 0.25) is 0 Å². The molecule has 0 bridgehead atoms. The monoisotopic (exact) mass is 456 g/mol. The van der Waals surface area contributed by atoms with Gasteiger partial charge in [0.05, 0.1) is 10.2 Å². The fourth-order valence-corrected chi connectivity index (χ4v) is 5.41. The molecule has 6 N–H and O–H groups in total. The number of nitrogens with two attached hydrogens (primary N) is 3. The van der Waals surface area contributed by atoms with Gasteiger partial charge in [-0.3, -0.25) is 0 Å². The molecule has 0 aliphatic heterocycles. The van der Waals surface area contributed by atoms with Crippen molar-refractivity contribution >= 4 is 60.9 Å². The van der Waals surface area contributed by atoms with Crippen LogP contribution in [0, 0.1) is 20.8 Å². The first-order valence-electron chi connectivity index (χ1n) is 10.3. The van der Waals surface area contributed by atoms with Gasteiger partial charge >= 0.3 is 0 Å². The number of oxazole rings is 2. The highest BCUT2D eigenvalue weighted by atomic mass is 32.1. The zero-order valence-electron chi connectivity index (χ0n) is 18.2. The third-order valence-corrected chi connectivity index (χ3v) is 6.79. The van der Waals surface area contributed by atoms with Crippen LogP contribution in [0.3, 0.4) is 0 Å². The van der Waals surface area contributed by atoms with Crippen molar-refractivity contribution in [2.45, 2.75) is 20.8 Å². The minimum absolute atomic E-state index is 0.0929. The lowest BCUT2D eigenvalue weighted by molar-refractivity contribution is 0.626. The smallest absolute Gasteiger partial charge is 0.293 e. The van der Waals surface area contributed by atoms with Gasteiger partial charge in [0.2, 0.25) is 0 Å². The van der Waals surface area contributed by atoms with Gasteiger partial charge in [-0.25, -0.2) is 4.98 Å². The SMILES string of the molecule is Cc1cc(-c2c(C)cc(-c3c(C)ccc4oc(N)nc34)c3nc(N)oc23)c2sc(N)nc2c1. The second-order valence-electron chi connectivity index (χ2n) is 8.22. The maximum absolute atomic E-state index is 6.07. The molecule has 3 aromatic heterocycles. The van der Waals surface area contributed by atoms with Crippen molar-refractivity contribution in [2.24, 2.45) is 0 Å². The number of anilines is 3. The fourth-order valence-electron chi connectivity index (χ4n) is 4.58. The number of hydrogen-bond donors (Lipinski definition) is 3. The quantitative estimate of drug-likeness (QED) is 0.306. The molecule has 3 heterocycles. The van der Waals surface area contributed by atoms with Gasteiger partial charge in [-0.1, -0.05) is 17.4 Å². The Hall–Kier alpha value is -4.11. The largest absolute Gasteiger partial charge is 0.424 e. The molecule has 0 saturated heterocycles. The number of aromatic nitrogens is 3. The van der Waals surface area contributed by atoms with E-state index in [1.165, 1.54) is 11.3 Å². The lowest BCUT2D eigenvalue weighted by Gasteiger charge is -2.13. The van der Waals surface area contributed by atoms with Crippen LogP contribution in [0.25, 0.3) is 54.7 Å². The minimum Gasteiger partial charge on any atom is -0.424 e. The van der Waals surface area contributed by atoms with Crippen LogP contribution in [-0.2, 0) is 0 Å². The number of thiazole rings is 1. The molecule has 6 aromatic rings. The van der Waals surface area contributed by atoms with Crippen molar-refractivity contribution in [1.29, 1.82) is 0 Å². The Balaban J connectivity index is 1.74. The van der Waals surface area contributed by atoms with Gasteiger partial charge in [0.15, 0.2) is 16.3 Å². The van der Waals surface area contributed by atoms with E-state index in [0.717, 1.165) is 49.2 Å². The Bertz CT molecular complexity index is 1740. The molecule has 0 fully saturated rings. The lowest BCUT2D eigenvalue weighted by atomic mass is 9.91. The Morgan fingerprint density at radius 2 is 1.52 bits per heavy atom. The van der Waals surface area contributed by atoms with Gasteiger partial charge in [0, 0.05) is 22.3 Å². The molecule has 9 heteroatoms. The number of rotatable bonds is 2. The molecule has 0 atom stereocenters. The van der Waals surface area contributed by atoms with E-state index in [1.807, 2.05) is 39.0 Å². The van der Waals surface area contributed by atoms with Gasteiger partial charge in [-0.2, -0.15) is 9.97 Å². The summed E-state index contributed by atoms with van der Waals surface area (Å²) < 4.78 is 12.6. The highest BCUT2D eigenvalue weighted by Crippen LogP contribution is 2.45. The van der Waals surface area contributed by atoms with Gasteiger partial charge in [0.1, 0.15) is 11.0 Å². The molecule has 33 heavy (non-hydrogen) atoms. The van der Waals surface area contributed by atoms with Crippen molar-refractivity contribution < 1.29 is 8.83 Å². The third kappa shape index (κ3) is 2.86. The first-order valence-corrected chi connectivity index (χ1v) is 11.1. The second kappa shape index (κ2) is 6.69. The van der Waals surface area contributed by atoms with Crippen LogP contribution < -0.4 is 17.2 Å². The van der Waals surface area contributed by atoms with E-state index in [9.17, 15) is 0 Å². The summed E-state index contributed by atoms with van der Waals surface area (Å²) in [5.74, 6) is 0. The van der Waals surface area contributed by atoms with E-state index < -0.39 is 0 Å². The molecule has 0 amide bonds. The number of fused-ring (bicyclic) bond motifs is 3. The second-order valence-corrected chi connectivity index (χ2v) is 9.25. The average Bonchev–Trinajstić information content (AvgIpc) is 3.42. The standard InChI is InChI=1S/C24H20N6O2S/c1-9-6-13(21-14(7-9)28-24(27)33-21)17-11(3)8-12(18-20(17)32-23(26)29-18)16-10(2)4-5-15-19(16)30-22(25)31-15/h4-8H,1-3H3,(H2,25,30)(H2,26,29)(H2,27,28). The van der Waals surface area contributed by atoms with E-state index >= 15 is 0 Å². The number of aryl methyl sites for hydroxylation is 3. The number of nitrogens with zero attached hydrogens (tertiary/aromatic N) is 3. The molecule has 6 rings (SSSR count). The van der Waals surface area contributed by atoms with Crippen molar-refractivity contribution in [3.63, 3.8) is 0 Å². The maximum Gasteiger partial charge on any atom is 0.293 e. The van der Waals surface area contributed by atoms with E-state index in [-0.39, 0.29) is 12.0 Å². The van der Waals surface area contributed by atoms with Crippen LogP contribution in [0.5, 0.6) is 0 Å². The Morgan fingerprint density at radius 3 is 2.33 bits per heavy atom. The van der Waals surface area contributed by atoms with E-state index in [1.54, 1.807) is 0 Å². The van der Waals surface area contributed by atoms with Crippen molar-refractivity contribution in [3.8, 4) is 22.3 Å². The molecule has 0 unspecified atom stereocenters. The zero-order chi connectivity index (χ0) is 23.0. The predicted octanol–water partition coefficient (Wildman–Crippen LogP) is 5.58. The summed E-state index contributed by atoms with van der Waals surface area (Å²) in [7, 11) is 0. The summed E-state index contributed by atoms with van der Waals surface area (Å²) in [6.45, 7) is 6.09. The third-order valence-electron chi connectivity index (χ3n) is 5.86.